The lowest BCUT2D eigenvalue weighted by atomic mass is 9.78. The highest BCUT2D eigenvalue weighted by Crippen LogP contribution is 2.39. The fraction of sp³-hybridized carbons (Fsp3) is 0.800. The molecule has 0 aromatic rings. The Morgan fingerprint density at radius 2 is 2.05 bits per heavy atom. The number of rotatable bonds is 2. The predicted molar refractivity (Wildman–Crippen MR) is 79.0 cm³/mol. The van der Waals surface area contributed by atoms with Gasteiger partial charge in [-0.3, -0.25) is 5.43 Å². The van der Waals surface area contributed by atoms with Gasteiger partial charge in [-0.15, -0.1) is 0 Å². The zero-order valence-corrected chi connectivity index (χ0v) is 13.9. The van der Waals surface area contributed by atoms with Crippen molar-refractivity contribution in [1.82, 2.24) is 5.43 Å². The van der Waals surface area contributed by atoms with Crippen LogP contribution in [-0.2, 0) is 23.8 Å². The van der Waals surface area contributed by atoms with Crippen LogP contribution >= 0.6 is 0 Å². The summed E-state index contributed by atoms with van der Waals surface area (Å²) < 4.78 is 16.3. The van der Waals surface area contributed by atoms with Crippen molar-refractivity contribution in [2.45, 2.75) is 59.5 Å². The van der Waals surface area contributed by atoms with Crippen LogP contribution in [0.3, 0.4) is 0 Å². The molecular weight excluding hydrogens is 288 g/mol. The molecule has 1 spiro atoms. The van der Waals surface area contributed by atoms with Crippen molar-refractivity contribution in [1.29, 1.82) is 0 Å². The van der Waals surface area contributed by atoms with Crippen LogP contribution in [-0.4, -0.2) is 42.2 Å². The molecule has 0 aliphatic carbocycles. The molecule has 7 heteroatoms. The van der Waals surface area contributed by atoms with Crippen LogP contribution in [0.5, 0.6) is 0 Å². The molecule has 2 aliphatic heterocycles. The third kappa shape index (κ3) is 2.47. The zero-order chi connectivity index (χ0) is 16.7. The fourth-order valence-corrected chi connectivity index (χ4v) is 2.72. The van der Waals surface area contributed by atoms with Gasteiger partial charge in [-0.2, -0.15) is 5.10 Å². The lowest BCUT2D eigenvalue weighted by Crippen LogP contribution is -2.67. The lowest BCUT2D eigenvalue weighted by Gasteiger charge is -2.45. The molecule has 7 nitrogen and oxygen atoms in total. The fourth-order valence-electron chi connectivity index (χ4n) is 2.72. The molecule has 0 aromatic heterocycles. The first-order valence-corrected chi connectivity index (χ1v) is 7.53. The van der Waals surface area contributed by atoms with Gasteiger partial charge in [-0.05, 0) is 13.8 Å². The quantitative estimate of drug-likeness (QED) is 0.772. The minimum Gasteiger partial charge on any atom is -0.461 e. The maximum Gasteiger partial charge on any atom is 0.354 e. The highest BCUT2D eigenvalue weighted by Gasteiger charge is 2.61. The summed E-state index contributed by atoms with van der Waals surface area (Å²) in [5, 5.41) is 4.01. The Kier molecular flexibility index (Phi) is 4.21. The summed E-state index contributed by atoms with van der Waals surface area (Å²) in [4.78, 5) is 24.6. The Labute approximate surface area is 130 Å². The first kappa shape index (κ1) is 16.7. The van der Waals surface area contributed by atoms with Crippen molar-refractivity contribution in [2.24, 2.45) is 16.4 Å². The summed E-state index contributed by atoms with van der Waals surface area (Å²) in [5.74, 6) is -1.49. The van der Waals surface area contributed by atoms with Crippen LogP contribution in [0.4, 0.5) is 0 Å². The molecule has 124 valence electrons. The molecule has 0 bridgehead atoms. The number of hydrazone groups is 1. The van der Waals surface area contributed by atoms with E-state index in [-0.39, 0.29) is 17.7 Å². The molecular formula is C15H24N2O5. The number of hydrogen-bond acceptors (Lipinski definition) is 7. The monoisotopic (exact) mass is 312 g/mol. The Morgan fingerprint density at radius 1 is 1.41 bits per heavy atom. The summed E-state index contributed by atoms with van der Waals surface area (Å²) in [6, 6.07) is 0. The standard InChI is InChI=1S/C15H24N2O5/c1-7-20-11(18)10-8(2)15(17-16-10)9(3)21-13(14(4,5)6)22-12(15)19/h8-9,13,17H,7H2,1-6H3/t8-,9-,13-,15-/m1/s1. The third-order valence-electron chi connectivity index (χ3n) is 4.17. The molecule has 4 atom stereocenters. The molecule has 0 aromatic carbocycles. The van der Waals surface area contributed by atoms with Crippen LogP contribution in [0.1, 0.15) is 41.5 Å². The molecule has 22 heavy (non-hydrogen) atoms. The second kappa shape index (κ2) is 5.53. The molecule has 1 fully saturated rings. The van der Waals surface area contributed by atoms with E-state index in [0.29, 0.717) is 0 Å². The lowest BCUT2D eigenvalue weighted by molar-refractivity contribution is -0.263. The van der Waals surface area contributed by atoms with E-state index in [0.717, 1.165) is 0 Å². The van der Waals surface area contributed by atoms with E-state index in [4.69, 9.17) is 14.2 Å². The van der Waals surface area contributed by atoms with Crippen LogP contribution in [0, 0.1) is 11.3 Å². The molecule has 1 N–H and O–H groups in total. The van der Waals surface area contributed by atoms with Crippen LogP contribution < -0.4 is 5.43 Å². The SMILES string of the molecule is CCOC(=O)C1=NN[C@]2(C(=O)O[C@H](C(C)(C)C)O[C@@H]2C)[C@@H]1C. The van der Waals surface area contributed by atoms with Crippen molar-refractivity contribution in [3.05, 3.63) is 0 Å². The Hall–Kier alpha value is -1.63. The van der Waals surface area contributed by atoms with Crippen molar-refractivity contribution >= 4 is 17.7 Å². The first-order valence-electron chi connectivity index (χ1n) is 7.53. The number of nitrogens with one attached hydrogen (secondary N) is 1. The zero-order valence-electron chi connectivity index (χ0n) is 13.9. The van der Waals surface area contributed by atoms with E-state index in [1.807, 2.05) is 20.8 Å². The van der Waals surface area contributed by atoms with Crippen molar-refractivity contribution in [3.63, 3.8) is 0 Å². The predicted octanol–water partition coefficient (Wildman–Crippen LogP) is 1.22. The van der Waals surface area contributed by atoms with Gasteiger partial charge in [0.25, 0.3) is 0 Å². The summed E-state index contributed by atoms with van der Waals surface area (Å²) in [7, 11) is 0. The Balaban J connectivity index is 2.23. The number of carbonyl (C=O) groups is 2. The largest absolute Gasteiger partial charge is 0.461 e. The van der Waals surface area contributed by atoms with E-state index in [1.54, 1.807) is 20.8 Å². The average Bonchev–Trinajstić information content (AvgIpc) is 2.74. The van der Waals surface area contributed by atoms with Gasteiger partial charge < -0.3 is 14.2 Å². The second-order valence-electron chi connectivity index (χ2n) is 6.80. The molecule has 1 saturated heterocycles. The van der Waals surface area contributed by atoms with Gasteiger partial charge in [-0.1, -0.05) is 27.7 Å². The average molecular weight is 312 g/mol. The van der Waals surface area contributed by atoms with Crippen LogP contribution in [0.25, 0.3) is 0 Å². The Bertz CT molecular complexity index is 511. The number of nitrogens with zero attached hydrogens (tertiary/aromatic N) is 1. The molecule has 2 rings (SSSR count). The summed E-state index contributed by atoms with van der Waals surface area (Å²) >= 11 is 0. The van der Waals surface area contributed by atoms with E-state index < -0.39 is 35.8 Å². The highest BCUT2D eigenvalue weighted by molar-refractivity contribution is 6.38. The topological polar surface area (TPSA) is 86.2 Å². The highest BCUT2D eigenvalue weighted by atomic mass is 16.7. The van der Waals surface area contributed by atoms with Gasteiger partial charge in [-0.25, -0.2) is 9.59 Å². The number of esters is 2. The van der Waals surface area contributed by atoms with Crippen molar-refractivity contribution < 1.29 is 23.8 Å². The second-order valence-corrected chi connectivity index (χ2v) is 6.80. The van der Waals surface area contributed by atoms with E-state index >= 15 is 0 Å². The van der Waals surface area contributed by atoms with E-state index in [1.165, 1.54) is 0 Å². The van der Waals surface area contributed by atoms with E-state index in [2.05, 4.69) is 10.5 Å². The summed E-state index contributed by atoms with van der Waals surface area (Å²) in [5.41, 5.74) is 1.43. The normalized spacial score (nSPS) is 34.9. The minimum atomic E-state index is -1.19. The molecule has 2 aliphatic rings. The maximum absolute atomic E-state index is 12.6. The third-order valence-corrected chi connectivity index (χ3v) is 4.17. The van der Waals surface area contributed by atoms with Crippen LogP contribution in [0.15, 0.2) is 5.10 Å². The maximum atomic E-state index is 12.6. The van der Waals surface area contributed by atoms with E-state index in [9.17, 15) is 9.59 Å². The number of cyclic esters (lactones) is 1. The summed E-state index contributed by atoms with van der Waals surface area (Å²) in [6.07, 6.45) is -1.13. The van der Waals surface area contributed by atoms with Crippen LogP contribution in [0.2, 0.25) is 0 Å². The Morgan fingerprint density at radius 3 is 2.55 bits per heavy atom. The van der Waals surface area contributed by atoms with Gasteiger partial charge in [0.05, 0.1) is 12.7 Å². The molecule has 0 radical (unpaired) electrons. The van der Waals surface area contributed by atoms with Gasteiger partial charge in [0, 0.05) is 11.3 Å². The molecule has 0 saturated carbocycles. The molecule has 0 amide bonds. The van der Waals surface area contributed by atoms with Crippen molar-refractivity contribution in [2.75, 3.05) is 6.61 Å². The molecule has 2 heterocycles. The van der Waals surface area contributed by atoms with Gasteiger partial charge in [0.2, 0.25) is 6.29 Å². The van der Waals surface area contributed by atoms with Gasteiger partial charge >= 0.3 is 11.9 Å². The van der Waals surface area contributed by atoms with Gasteiger partial charge in [0.15, 0.2) is 11.3 Å². The summed E-state index contributed by atoms with van der Waals surface area (Å²) in [6.45, 7) is 11.3. The smallest absolute Gasteiger partial charge is 0.354 e. The molecule has 0 unspecified atom stereocenters. The van der Waals surface area contributed by atoms with Crippen molar-refractivity contribution in [3.8, 4) is 0 Å². The number of hydrogen-bond donors (Lipinski definition) is 1. The minimum absolute atomic E-state index is 0.184. The number of carbonyl (C=O) groups excluding carboxylic acids is 2. The van der Waals surface area contributed by atoms with Gasteiger partial charge in [0.1, 0.15) is 0 Å². The number of ether oxygens (including phenoxy) is 3. The first-order chi connectivity index (χ1) is 10.1.